The van der Waals surface area contributed by atoms with Gasteiger partial charge < -0.3 is 24.4 Å². The van der Waals surface area contributed by atoms with E-state index in [0.29, 0.717) is 31.2 Å². The molecule has 0 radical (unpaired) electrons. The van der Waals surface area contributed by atoms with Crippen LogP contribution >= 0.6 is 11.3 Å². The summed E-state index contributed by atoms with van der Waals surface area (Å²) < 4.78 is 12.0. The van der Waals surface area contributed by atoms with Crippen LogP contribution in [0.15, 0.2) is 28.7 Å². The maximum absolute atomic E-state index is 13.3. The number of rotatable bonds is 8. The van der Waals surface area contributed by atoms with E-state index in [2.05, 4.69) is 21.7 Å². The number of amides is 1. The van der Waals surface area contributed by atoms with Crippen LogP contribution in [0.5, 0.6) is 0 Å². The molecule has 2 fully saturated rings. The van der Waals surface area contributed by atoms with E-state index in [-0.39, 0.29) is 18.4 Å². The number of aliphatic hydroxyl groups excluding tert-OH is 1. The fraction of sp³-hybridized carbons (Fsp3) is 0.708. The fourth-order valence-corrected chi connectivity index (χ4v) is 5.66. The average molecular weight is 449 g/mol. The number of piperidine rings is 2. The zero-order valence-electron chi connectivity index (χ0n) is 18.4. The Morgan fingerprint density at radius 3 is 2.68 bits per heavy atom. The number of thiophene rings is 1. The summed E-state index contributed by atoms with van der Waals surface area (Å²) in [5.74, 6) is 0.569. The highest BCUT2D eigenvalue weighted by Crippen LogP contribution is 2.33. The van der Waals surface area contributed by atoms with Gasteiger partial charge in [-0.25, -0.2) is 0 Å². The van der Waals surface area contributed by atoms with Gasteiger partial charge in [0.05, 0.1) is 6.61 Å². The zero-order chi connectivity index (χ0) is 21.5. The van der Waals surface area contributed by atoms with Crippen LogP contribution in [0.4, 0.5) is 0 Å². The van der Waals surface area contributed by atoms with Crippen molar-refractivity contribution in [3.05, 3.63) is 34.2 Å². The van der Waals surface area contributed by atoms with Crippen LogP contribution in [-0.4, -0.2) is 72.5 Å². The van der Waals surface area contributed by atoms with Crippen LogP contribution in [0.1, 0.15) is 62.8 Å². The first kappa shape index (κ1) is 22.8. The van der Waals surface area contributed by atoms with Gasteiger partial charge >= 0.3 is 0 Å². The lowest BCUT2D eigenvalue weighted by molar-refractivity contribution is -0.153. The molecule has 7 heteroatoms. The summed E-state index contributed by atoms with van der Waals surface area (Å²) in [4.78, 5) is 17.9. The van der Waals surface area contributed by atoms with Gasteiger partial charge in [-0.3, -0.25) is 4.79 Å². The van der Waals surface area contributed by atoms with Crippen molar-refractivity contribution in [1.29, 1.82) is 0 Å². The van der Waals surface area contributed by atoms with Gasteiger partial charge in [-0.2, -0.15) is 11.3 Å². The summed E-state index contributed by atoms with van der Waals surface area (Å²) >= 11 is 1.67. The van der Waals surface area contributed by atoms with Crippen molar-refractivity contribution in [1.82, 2.24) is 9.80 Å². The van der Waals surface area contributed by atoms with Crippen molar-refractivity contribution in [2.45, 2.75) is 69.6 Å². The Hall–Kier alpha value is -1.41. The van der Waals surface area contributed by atoms with E-state index in [9.17, 15) is 4.79 Å². The molecule has 0 saturated carbocycles. The quantitative estimate of drug-likeness (QED) is 0.614. The summed E-state index contributed by atoms with van der Waals surface area (Å²) in [5, 5.41) is 13.2. The number of carbonyl (C=O) groups is 1. The summed E-state index contributed by atoms with van der Waals surface area (Å²) in [6, 6.07) is 2.73. The predicted octanol–water partition coefficient (Wildman–Crippen LogP) is 3.73. The Kier molecular flexibility index (Phi) is 8.41. The van der Waals surface area contributed by atoms with Gasteiger partial charge in [0, 0.05) is 38.1 Å². The van der Waals surface area contributed by atoms with E-state index in [1.165, 1.54) is 37.9 Å². The Labute approximate surface area is 189 Å². The normalized spacial score (nSPS) is 25.8. The number of hydrogen-bond acceptors (Lipinski definition) is 6. The predicted molar refractivity (Wildman–Crippen MR) is 122 cm³/mol. The first-order chi connectivity index (χ1) is 15.2. The van der Waals surface area contributed by atoms with Gasteiger partial charge in [0.2, 0.25) is 6.29 Å². The molecule has 2 atom stereocenters. The highest BCUT2D eigenvalue weighted by atomic mass is 32.1. The smallest absolute Gasteiger partial charge is 0.288 e. The SMILES string of the molecule is O=C(C1=CC(c2ccsc2)CC(OCCCCO)O1)N1CCC(N2CCCCC2)CC1. The van der Waals surface area contributed by atoms with Gasteiger partial charge in [0.1, 0.15) is 0 Å². The molecule has 1 amide bonds. The van der Waals surface area contributed by atoms with E-state index >= 15 is 0 Å². The second-order valence-electron chi connectivity index (χ2n) is 8.90. The first-order valence-corrected chi connectivity index (χ1v) is 12.8. The van der Waals surface area contributed by atoms with E-state index < -0.39 is 6.29 Å². The van der Waals surface area contributed by atoms with E-state index in [1.807, 2.05) is 11.0 Å². The minimum atomic E-state index is -0.418. The Bertz CT molecular complexity index is 709. The lowest BCUT2D eigenvalue weighted by Crippen LogP contribution is -2.49. The summed E-state index contributed by atoms with van der Waals surface area (Å²) in [5.41, 5.74) is 1.21. The zero-order valence-corrected chi connectivity index (χ0v) is 19.2. The first-order valence-electron chi connectivity index (χ1n) is 11.9. The highest BCUT2D eigenvalue weighted by molar-refractivity contribution is 7.08. The molecule has 3 aliphatic rings. The van der Waals surface area contributed by atoms with Crippen molar-refractivity contribution in [2.75, 3.05) is 39.4 Å². The number of aliphatic hydroxyl groups is 1. The average Bonchev–Trinajstić information content (AvgIpc) is 3.37. The van der Waals surface area contributed by atoms with Gasteiger partial charge in [0.15, 0.2) is 5.76 Å². The van der Waals surface area contributed by atoms with Gasteiger partial charge in [0.25, 0.3) is 5.91 Å². The molecule has 4 rings (SSSR count). The van der Waals surface area contributed by atoms with Gasteiger partial charge in [-0.05, 0) is 80.1 Å². The topological polar surface area (TPSA) is 62.2 Å². The Balaban J connectivity index is 1.36. The van der Waals surface area contributed by atoms with Crippen molar-refractivity contribution < 1.29 is 19.4 Å². The number of unbranched alkanes of at least 4 members (excludes halogenated alkanes) is 1. The van der Waals surface area contributed by atoms with Crippen LogP contribution in [-0.2, 0) is 14.3 Å². The third-order valence-corrected chi connectivity index (χ3v) is 7.46. The minimum Gasteiger partial charge on any atom is -0.459 e. The van der Waals surface area contributed by atoms with Crippen molar-refractivity contribution in [2.24, 2.45) is 0 Å². The molecule has 4 heterocycles. The molecule has 1 N–H and O–H groups in total. The highest BCUT2D eigenvalue weighted by Gasteiger charge is 2.33. The second-order valence-corrected chi connectivity index (χ2v) is 9.68. The molecule has 0 bridgehead atoms. The number of allylic oxidation sites excluding steroid dienone is 1. The van der Waals surface area contributed by atoms with Crippen LogP contribution < -0.4 is 0 Å². The molecule has 31 heavy (non-hydrogen) atoms. The lowest BCUT2D eigenvalue weighted by Gasteiger charge is -2.40. The van der Waals surface area contributed by atoms with E-state index in [0.717, 1.165) is 32.4 Å². The maximum Gasteiger partial charge on any atom is 0.288 e. The van der Waals surface area contributed by atoms with Crippen LogP contribution in [0.2, 0.25) is 0 Å². The molecule has 0 aromatic carbocycles. The molecule has 0 spiro atoms. The molecular formula is C24H36N2O4S. The number of carbonyl (C=O) groups excluding carboxylic acids is 1. The number of likely N-dealkylation sites (tertiary alicyclic amines) is 2. The van der Waals surface area contributed by atoms with E-state index in [1.54, 1.807) is 11.3 Å². The fourth-order valence-electron chi connectivity index (χ4n) is 4.93. The van der Waals surface area contributed by atoms with E-state index in [4.69, 9.17) is 14.6 Å². The third kappa shape index (κ3) is 6.09. The van der Waals surface area contributed by atoms with Gasteiger partial charge in [-0.15, -0.1) is 0 Å². The maximum atomic E-state index is 13.3. The number of hydrogen-bond donors (Lipinski definition) is 1. The molecular weight excluding hydrogens is 412 g/mol. The Morgan fingerprint density at radius 1 is 1.16 bits per heavy atom. The monoisotopic (exact) mass is 448 g/mol. The molecule has 3 aliphatic heterocycles. The minimum absolute atomic E-state index is 0.000909. The molecule has 172 valence electrons. The molecule has 1 aromatic heterocycles. The standard InChI is InChI=1S/C24H36N2O4S/c27-13-4-5-14-29-23-17-20(19-8-15-31-18-19)16-22(30-23)24(28)26-11-6-21(7-12-26)25-9-2-1-3-10-25/h8,15-16,18,20-21,23,27H,1-7,9-14,17H2. The van der Waals surface area contributed by atoms with Crippen molar-refractivity contribution in [3.63, 3.8) is 0 Å². The second kappa shape index (κ2) is 11.5. The molecule has 2 saturated heterocycles. The molecule has 6 nitrogen and oxygen atoms in total. The number of nitrogens with zero attached hydrogens (tertiary/aromatic N) is 2. The van der Waals surface area contributed by atoms with Crippen LogP contribution in [0, 0.1) is 0 Å². The molecule has 2 unspecified atom stereocenters. The molecule has 0 aliphatic carbocycles. The Morgan fingerprint density at radius 2 is 1.97 bits per heavy atom. The third-order valence-electron chi connectivity index (χ3n) is 6.75. The largest absolute Gasteiger partial charge is 0.459 e. The van der Waals surface area contributed by atoms with Gasteiger partial charge in [-0.1, -0.05) is 6.42 Å². The summed E-state index contributed by atoms with van der Waals surface area (Å²) in [7, 11) is 0. The number of ether oxygens (including phenoxy) is 2. The summed E-state index contributed by atoms with van der Waals surface area (Å²) in [6.07, 6.45) is 9.87. The van der Waals surface area contributed by atoms with Crippen LogP contribution in [0.25, 0.3) is 0 Å². The van der Waals surface area contributed by atoms with Crippen molar-refractivity contribution >= 4 is 17.2 Å². The van der Waals surface area contributed by atoms with Crippen molar-refractivity contribution in [3.8, 4) is 0 Å². The van der Waals surface area contributed by atoms with Crippen LogP contribution in [0.3, 0.4) is 0 Å². The summed E-state index contributed by atoms with van der Waals surface area (Å²) in [6.45, 7) is 4.72. The molecule has 1 aromatic rings. The lowest BCUT2D eigenvalue weighted by atomic mass is 9.94.